The summed E-state index contributed by atoms with van der Waals surface area (Å²) >= 11 is 0. The van der Waals surface area contributed by atoms with Gasteiger partial charge in [-0.15, -0.1) is 0 Å². The highest BCUT2D eigenvalue weighted by molar-refractivity contribution is 5.71. The maximum Gasteiger partial charge on any atom is 0.161 e. The molecule has 0 fully saturated rings. The summed E-state index contributed by atoms with van der Waals surface area (Å²) < 4.78 is 11.0. The van der Waals surface area contributed by atoms with Crippen molar-refractivity contribution in [2.75, 3.05) is 13.2 Å². The average Bonchev–Trinajstić information content (AvgIpc) is 2.42. The molecule has 0 unspecified atom stereocenters. The smallest absolute Gasteiger partial charge is 0.161 e. The van der Waals surface area contributed by atoms with Gasteiger partial charge in [-0.05, 0) is 38.5 Å². The van der Waals surface area contributed by atoms with Crippen LogP contribution in [0.25, 0.3) is 5.70 Å². The third-order valence-corrected chi connectivity index (χ3v) is 2.67. The third kappa shape index (κ3) is 3.65. The molecule has 0 saturated heterocycles. The van der Waals surface area contributed by atoms with E-state index in [0.717, 1.165) is 5.56 Å². The van der Waals surface area contributed by atoms with Crippen LogP contribution in [0.5, 0.6) is 11.5 Å². The zero-order valence-corrected chi connectivity index (χ0v) is 11.7. The SMILES string of the molecule is CCOc1ccc(/C(N)=C(\C#N)CC)cc1OCC. The molecule has 0 bridgehead atoms. The Labute approximate surface area is 114 Å². The fourth-order valence-electron chi connectivity index (χ4n) is 1.72. The first-order valence-corrected chi connectivity index (χ1v) is 6.46. The van der Waals surface area contributed by atoms with Gasteiger partial charge in [-0.3, -0.25) is 0 Å². The van der Waals surface area contributed by atoms with Gasteiger partial charge >= 0.3 is 0 Å². The first kappa shape index (κ1) is 14.9. The molecule has 0 radical (unpaired) electrons. The summed E-state index contributed by atoms with van der Waals surface area (Å²) in [7, 11) is 0. The van der Waals surface area contributed by atoms with Crippen LogP contribution in [0.4, 0.5) is 0 Å². The summed E-state index contributed by atoms with van der Waals surface area (Å²) in [6.45, 7) is 6.86. The van der Waals surface area contributed by atoms with E-state index in [4.69, 9.17) is 20.5 Å². The quantitative estimate of drug-likeness (QED) is 0.798. The van der Waals surface area contributed by atoms with Crippen LogP contribution in [-0.2, 0) is 0 Å². The molecule has 2 N–H and O–H groups in total. The van der Waals surface area contributed by atoms with E-state index in [9.17, 15) is 0 Å². The Morgan fingerprint density at radius 3 is 2.32 bits per heavy atom. The second-order valence-corrected chi connectivity index (χ2v) is 3.89. The third-order valence-electron chi connectivity index (χ3n) is 2.67. The molecule has 4 heteroatoms. The van der Waals surface area contributed by atoms with Crippen molar-refractivity contribution in [3.63, 3.8) is 0 Å². The van der Waals surface area contributed by atoms with E-state index >= 15 is 0 Å². The first-order valence-electron chi connectivity index (χ1n) is 6.46. The van der Waals surface area contributed by atoms with Crippen LogP contribution in [0.15, 0.2) is 23.8 Å². The number of nitriles is 1. The van der Waals surface area contributed by atoms with Crippen molar-refractivity contribution in [2.45, 2.75) is 27.2 Å². The highest BCUT2D eigenvalue weighted by Crippen LogP contribution is 2.30. The summed E-state index contributed by atoms with van der Waals surface area (Å²) in [6, 6.07) is 7.60. The molecule has 1 rings (SSSR count). The summed E-state index contributed by atoms with van der Waals surface area (Å²) in [5.74, 6) is 1.34. The first-order chi connectivity index (χ1) is 9.17. The van der Waals surface area contributed by atoms with E-state index in [1.54, 1.807) is 0 Å². The lowest BCUT2D eigenvalue weighted by Crippen LogP contribution is -2.03. The number of rotatable bonds is 6. The fraction of sp³-hybridized carbons (Fsp3) is 0.400. The van der Waals surface area contributed by atoms with Crippen LogP contribution >= 0.6 is 0 Å². The molecule has 1 aromatic rings. The molecule has 4 nitrogen and oxygen atoms in total. The van der Waals surface area contributed by atoms with E-state index < -0.39 is 0 Å². The molecule has 0 aliphatic rings. The van der Waals surface area contributed by atoms with Crippen LogP contribution in [-0.4, -0.2) is 13.2 Å². The minimum Gasteiger partial charge on any atom is -0.490 e. The molecule has 0 aliphatic carbocycles. The van der Waals surface area contributed by atoms with E-state index in [1.807, 2.05) is 39.0 Å². The van der Waals surface area contributed by atoms with Gasteiger partial charge in [0.1, 0.15) is 0 Å². The summed E-state index contributed by atoms with van der Waals surface area (Å²) in [5.41, 5.74) is 7.86. The number of hydrogen-bond acceptors (Lipinski definition) is 4. The Morgan fingerprint density at radius 1 is 1.16 bits per heavy atom. The number of allylic oxidation sites excluding steroid dienone is 1. The molecule has 0 aromatic heterocycles. The second kappa shape index (κ2) is 7.32. The second-order valence-electron chi connectivity index (χ2n) is 3.89. The van der Waals surface area contributed by atoms with Gasteiger partial charge in [-0.2, -0.15) is 5.26 Å². The zero-order valence-electron chi connectivity index (χ0n) is 11.7. The van der Waals surface area contributed by atoms with Crippen molar-refractivity contribution in [3.8, 4) is 17.6 Å². The fourth-order valence-corrected chi connectivity index (χ4v) is 1.72. The summed E-state index contributed by atoms with van der Waals surface area (Å²) in [5, 5.41) is 9.03. The lowest BCUT2D eigenvalue weighted by Gasteiger charge is -2.13. The Balaban J connectivity index is 3.22. The van der Waals surface area contributed by atoms with Crippen LogP contribution in [0, 0.1) is 11.3 Å². The van der Waals surface area contributed by atoms with Crippen molar-refractivity contribution in [2.24, 2.45) is 5.73 Å². The average molecular weight is 260 g/mol. The molecule has 0 amide bonds. The van der Waals surface area contributed by atoms with Gasteiger partial charge in [0.15, 0.2) is 11.5 Å². The Bertz CT molecular complexity index is 501. The van der Waals surface area contributed by atoms with Crippen molar-refractivity contribution < 1.29 is 9.47 Å². The number of ether oxygens (including phenoxy) is 2. The molecular formula is C15H20N2O2. The Kier molecular flexibility index (Phi) is 5.74. The predicted molar refractivity (Wildman–Crippen MR) is 75.8 cm³/mol. The van der Waals surface area contributed by atoms with Crippen LogP contribution < -0.4 is 15.2 Å². The van der Waals surface area contributed by atoms with Gasteiger partial charge < -0.3 is 15.2 Å². The highest BCUT2D eigenvalue weighted by atomic mass is 16.5. The van der Waals surface area contributed by atoms with E-state index in [1.165, 1.54) is 0 Å². The van der Waals surface area contributed by atoms with Gasteiger partial charge in [0.2, 0.25) is 0 Å². The van der Waals surface area contributed by atoms with Crippen LogP contribution in [0.2, 0.25) is 0 Å². The predicted octanol–water partition coefficient (Wildman–Crippen LogP) is 3.09. The largest absolute Gasteiger partial charge is 0.490 e. The lowest BCUT2D eigenvalue weighted by molar-refractivity contribution is 0.287. The monoisotopic (exact) mass is 260 g/mol. The van der Waals surface area contributed by atoms with Gasteiger partial charge in [-0.1, -0.05) is 6.92 Å². The van der Waals surface area contributed by atoms with Crippen molar-refractivity contribution in [1.29, 1.82) is 5.26 Å². The Morgan fingerprint density at radius 2 is 1.79 bits per heavy atom. The standard InChI is InChI=1S/C15H20N2O2/c1-4-11(10-16)15(17)12-7-8-13(18-5-2)14(9-12)19-6-3/h7-9H,4-6,17H2,1-3H3/b15-11+. The maximum absolute atomic E-state index is 9.03. The molecule has 0 heterocycles. The van der Waals surface area contributed by atoms with Crippen molar-refractivity contribution >= 4 is 5.70 Å². The highest BCUT2D eigenvalue weighted by Gasteiger charge is 2.10. The minimum atomic E-state index is 0.494. The maximum atomic E-state index is 9.03. The molecule has 19 heavy (non-hydrogen) atoms. The Hall–Kier alpha value is -2.15. The van der Waals surface area contributed by atoms with E-state index in [2.05, 4.69) is 6.07 Å². The van der Waals surface area contributed by atoms with E-state index in [0.29, 0.717) is 42.4 Å². The minimum absolute atomic E-state index is 0.494. The number of nitrogens with two attached hydrogens (primary N) is 1. The van der Waals surface area contributed by atoms with E-state index in [-0.39, 0.29) is 0 Å². The summed E-state index contributed by atoms with van der Waals surface area (Å²) in [6.07, 6.45) is 0.611. The molecule has 0 aliphatic heterocycles. The molecule has 0 atom stereocenters. The lowest BCUT2D eigenvalue weighted by atomic mass is 10.1. The van der Waals surface area contributed by atoms with Gasteiger partial charge in [0.25, 0.3) is 0 Å². The van der Waals surface area contributed by atoms with Crippen LogP contribution in [0.3, 0.4) is 0 Å². The topological polar surface area (TPSA) is 68.3 Å². The number of nitrogens with zero attached hydrogens (tertiary/aromatic N) is 1. The molecule has 1 aromatic carbocycles. The van der Waals surface area contributed by atoms with Crippen molar-refractivity contribution in [1.82, 2.24) is 0 Å². The number of hydrogen-bond donors (Lipinski definition) is 1. The zero-order chi connectivity index (χ0) is 14.3. The number of benzene rings is 1. The normalized spacial score (nSPS) is 11.5. The molecule has 0 spiro atoms. The molecular weight excluding hydrogens is 240 g/mol. The van der Waals surface area contributed by atoms with Gasteiger partial charge in [0.05, 0.1) is 30.6 Å². The van der Waals surface area contributed by atoms with Crippen LogP contribution in [0.1, 0.15) is 32.8 Å². The molecule has 102 valence electrons. The summed E-state index contributed by atoms with van der Waals surface area (Å²) in [4.78, 5) is 0. The molecule has 0 saturated carbocycles. The van der Waals surface area contributed by atoms with Crippen molar-refractivity contribution in [3.05, 3.63) is 29.3 Å². The van der Waals surface area contributed by atoms with Gasteiger partial charge in [0, 0.05) is 5.56 Å². The van der Waals surface area contributed by atoms with Gasteiger partial charge in [-0.25, -0.2) is 0 Å².